The molecular formula is C13H12BrNO3. The van der Waals surface area contributed by atoms with Crippen LogP contribution >= 0.6 is 15.9 Å². The lowest BCUT2D eigenvalue weighted by Crippen LogP contribution is -2.12. The van der Waals surface area contributed by atoms with E-state index in [0.717, 1.165) is 10.2 Å². The van der Waals surface area contributed by atoms with Crippen LogP contribution in [0.15, 0.2) is 47.1 Å². The summed E-state index contributed by atoms with van der Waals surface area (Å²) in [5.41, 5.74) is 0.273. The van der Waals surface area contributed by atoms with E-state index >= 15 is 0 Å². The number of hydrogen-bond acceptors (Lipinski definition) is 2. The molecule has 94 valence electrons. The van der Waals surface area contributed by atoms with Gasteiger partial charge < -0.3 is 14.4 Å². The zero-order valence-electron chi connectivity index (χ0n) is 9.54. The molecule has 0 aliphatic rings. The first kappa shape index (κ1) is 12.7. The standard InChI is InChI=1S/C13H12BrNO3/c14-10-3-5-11(6-4-10)18-9-8-15-7-1-2-12(15)13(16)17/h1-7H,8-9H2,(H,16,17). The van der Waals surface area contributed by atoms with Gasteiger partial charge in [0.2, 0.25) is 0 Å². The Morgan fingerprint density at radius 3 is 2.67 bits per heavy atom. The first-order chi connectivity index (χ1) is 8.66. The summed E-state index contributed by atoms with van der Waals surface area (Å²) in [6, 6.07) is 10.8. The predicted molar refractivity (Wildman–Crippen MR) is 71.0 cm³/mol. The molecule has 0 amide bonds. The molecule has 1 aromatic carbocycles. The molecule has 2 aromatic rings. The molecule has 0 saturated heterocycles. The summed E-state index contributed by atoms with van der Waals surface area (Å²) < 4.78 is 8.18. The first-order valence-electron chi connectivity index (χ1n) is 5.43. The maximum absolute atomic E-state index is 10.9. The average Bonchev–Trinajstić information content (AvgIpc) is 2.80. The van der Waals surface area contributed by atoms with Crippen LogP contribution in [0.25, 0.3) is 0 Å². The summed E-state index contributed by atoms with van der Waals surface area (Å²) in [6.45, 7) is 0.932. The van der Waals surface area contributed by atoms with Crippen molar-refractivity contribution in [1.29, 1.82) is 0 Å². The smallest absolute Gasteiger partial charge is 0.352 e. The van der Waals surface area contributed by atoms with Crippen molar-refractivity contribution in [2.24, 2.45) is 0 Å². The van der Waals surface area contributed by atoms with E-state index in [-0.39, 0.29) is 5.69 Å². The molecule has 0 atom stereocenters. The van der Waals surface area contributed by atoms with E-state index in [1.54, 1.807) is 22.9 Å². The second kappa shape index (κ2) is 5.73. The molecule has 0 spiro atoms. The van der Waals surface area contributed by atoms with Crippen molar-refractivity contribution in [3.05, 3.63) is 52.8 Å². The topological polar surface area (TPSA) is 51.5 Å². The SMILES string of the molecule is O=C(O)c1cccn1CCOc1ccc(Br)cc1. The van der Waals surface area contributed by atoms with Crippen molar-refractivity contribution in [3.63, 3.8) is 0 Å². The summed E-state index contributed by atoms with van der Waals surface area (Å²) in [4.78, 5) is 10.9. The minimum Gasteiger partial charge on any atom is -0.492 e. The highest BCUT2D eigenvalue weighted by Crippen LogP contribution is 2.16. The summed E-state index contributed by atoms with van der Waals surface area (Å²) >= 11 is 3.35. The molecule has 2 rings (SSSR count). The molecule has 5 heteroatoms. The zero-order valence-corrected chi connectivity index (χ0v) is 11.1. The second-order valence-electron chi connectivity index (χ2n) is 3.69. The summed E-state index contributed by atoms with van der Waals surface area (Å²) in [5.74, 6) is -0.161. The molecule has 0 aliphatic carbocycles. The number of halogens is 1. The van der Waals surface area contributed by atoms with E-state index in [4.69, 9.17) is 9.84 Å². The Labute approximate surface area is 113 Å². The lowest BCUT2D eigenvalue weighted by Gasteiger charge is -2.08. The van der Waals surface area contributed by atoms with Crippen LogP contribution in [0.1, 0.15) is 10.5 Å². The Bertz CT molecular complexity index is 533. The maximum atomic E-state index is 10.9. The van der Waals surface area contributed by atoms with Gasteiger partial charge in [-0.1, -0.05) is 15.9 Å². The first-order valence-corrected chi connectivity index (χ1v) is 6.23. The van der Waals surface area contributed by atoms with Gasteiger partial charge in [0.05, 0.1) is 6.54 Å². The van der Waals surface area contributed by atoms with Crippen molar-refractivity contribution in [2.45, 2.75) is 6.54 Å². The van der Waals surface area contributed by atoms with E-state index < -0.39 is 5.97 Å². The Morgan fingerprint density at radius 2 is 2.00 bits per heavy atom. The van der Waals surface area contributed by atoms with Gasteiger partial charge in [0.1, 0.15) is 18.1 Å². The molecular weight excluding hydrogens is 298 g/mol. The molecule has 0 radical (unpaired) electrons. The number of carboxylic acids is 1. The number of benzene rings is 1. The number of rotatable bonds is 5. The van der Waals surface area contributed by atoms with Gasteiger partial charge in [-0.3, -0.25) is 0 Å². The summed E-state index contributed by atoms with van der Waals surface area (Å²) in [5, 5.41) is 8.93. The van der Waals surface area contributed by atoms with Crippen LogP contribution in [-0.2, 0) is 6.54 Å². The molecule has 0 aliphatic heterocycles. The van der Waals surface area contributed by atoms with E-state index in [1.807, 2.05) is 24.3 Å². The largest absolute Gasteiger partial charge is 0.492 e. The third-order valence-electron chi connectivity index (χ3n) is 2.46. The number of aromatic carboxylic acids is 1. The lowest BCUT2D eigenvalue weighted by atomic mass is 10.3. The number of aromatic nitrogens is 1. The van der Waals surface area contributed by atoms with Crippen molar-refractivity contribution in [1.82, 2.24) is 4.57 Å². The molecule has 0 saturated carbocycles. The lowest BCUT2D eigenvalue weighted by molar-refractivity contribution is 0.0684. The van der Waals surface area contributed by atoms with Crippen LogP contribution in [0.4, 0.5) is 0 Å². The van der Waals surface area contributed by atoms with Crippen molar-refractivity contribution < 1.29 is 14.6 Å². The van der Waals surface area contributed by atoms with Gasteiger partial charge in [-0.15, -0.1) is 0 Å². The van der Waals surface area contributed by atoms with Crippen LogP contribution < -0.4 is 4.74 Å². The van der Waals surface area contributed by atoms with Crippen LogP contribution in [-0.4, -0.2) is 22.2 Å². The fraction of sp³-hybridized carbons (Fsp3) is 0.154. The van der Waals surface area contributed by atoms with Gasteiger partial charge in [-0.25, -0.2) is 4.79 Å². The number of nitrogens with zero attached hydrogens (tertiary/aromatic N) is 1. The molecule has 1 N–H and O–H groups in total. The minimum absolute atomic E-state index is 0.273. The summed E-state index contributed by atoms with van der Waals surface area (Å²) in [6.07, 6.45) is 1.73. The van der Waals surface area contributed by atoms with Crippen molar-refractivity contribution in [2.75, 3.05) is 6.61 Å². The van der Waals surface area contributed by atoms with E-state index in [2.05, 4.69) is 15.9 Å². The fourth-order valence-corrected chi connectivity index (χ4v) is 1.86. The molecule has 18 heavy (non-hydrogen) atoms. The van der Waals surface area contributed by atoms with Gasteiger partial charge in [0.15, 0.2) is 0 Å². The maximum Gasteiger partial charge on any atom is 0.352 e. The van der Waals surface area contributed by atoms with Crippen molar-refractivity contribution >= 4 is 21.9 Å². The van der Waals surface area contributed by atoms with Crippen LogP contribution in [0, 0.1) is 0 Å². The number of ether oxygens (including phenoxy) is 1. The molecule has 1 heterocycles. The van der Waals surface area contributed by atoms with Crippen LogP contribution in [0.5, 0.6) is 5.75 Å². The molecule has 1 aromatic heterocycles. The van der Waals surface area contributed by atoms with Gasteiger partial charge >= 0.3 is 5.97 Å². The van der Waals surface area contributed by atoms with Crippen LogP contribution in [0.2, 0.25) is 0 Å². The Kier molecular flexibility index (Phi) is 4.04. The van der Waals surface area contributed by atoms with Gasteiger partial charge in [0.25, 0.3) is 0 Å². The zero-order chi connectivity index (χ0) is 13.0. The molecule has 4 nitrogen and oxygen atoms in total. The normalized spacial score (nSPS) is 10.3. The molecule has 0 fully saturated rings. The van der Waals surface area contributed by atoms with E-state index in [0.29, 0.717) is 13.2 Å². The minimum atomic E-state index is -0.927. The Balaban J connectivity index is 1.90. The number of hydrogen-bond donors (Lipinski definition) is 1. The number of carbonyl (C=O) groups is 1. The van der Waals surface area contributed by atoms with Gasteiger partial charge in [-0.2, -0.15) is 0 Å². The highest BCUT2D eigenvalue weighted by molar-refractivity contribution is 9.10. The van der Waals surface area contributed by atoms with E-state index in [9.17, 15) is 4.79 Å². The molecule has 0 unspecified atom stereocenters. The third-order valence-corrected chi connectivity index (χ3v) is 2.99. The number of carboxylic acid groups (broad SMARTS) is 1. The van der Waals surface area contributed by atoms with Crippen LogP contribution in [0.3, 0.4) is 0 Å². The summed E-state index contributed by atoms with van der Waals surface area (Å²) in [7, 11) is 0. The van der Waals surface area contributed by atoms with Gasteiger partial charge in [-0.05, 0) is 36.4 Å². The van der Waals surface area contributed by atoms with Crippen molar-refractivity contribution in [3.8, 4) is 5.75 Å². The second-order valence-corrected chi connectivity index (χ2v) is 4.61. The van der Waals surface area contributed by atoms with E-state index in [1.165, 1.54) is 0 Å². The Morgan fingerprint density at radius 1 is 1.28 bits per heavy atom. The highest BCUT2D eigenvalue weighted by atomic mass is 79.9. The molecule has 0 bridgehead atoms. The third kappa shape index (κ3) is 3.13. The monoisotopic (exact) mass is 309 g/mol. The average molecular weight is 310 g/mol. The quantitative estimate of drug-likeness (QED) is 0.923. The fourth-order valence-electron chi connectivity index (χ4n) is 1.60. The predicted octanol–water partition coefficient (Wildman–Crippen LogP) is 3.03. The van der Waals surface area contributed by atoms with Gasteiger partial charge in [0, 0.05) is 10.7 Å². The highest BCUT2D eigenvalue weighted by Gasteiger charge is 2.07. The Hall–Kier alpha value is -1.75.